The summed E-state index contributed by atoms with van der Waals surface area (Å²) in [5.41, 5.74) is 3.04. The summed E-state index contributed by atoms with van der Waals surface area (Å²) in [5.74, 6) is 0.108. The fourth-order valence-electron chi connectivity index (χ4n) is 4.43. The van der Waals surface area contributed by atoms with Crippen LogP contribution in [0.2, 0.25) is 0 Å². The number of hydrogen-bond donors (Lipinski definition) is 2. The van der Waals surface area contributed by atoms with Crippen LogP contribution in [-0.4, -0.2) is 40.7 Å². The molecule has 0 aliphatic rings. The number of hydrogen-bond acceptors (Lipinski definition) is 3. The number of carbonyl (C=O) groups is 2. The second kappa shape index (κ2) is 14.8. The van der Waals surface area contributed by atoms with Crippen molar-refractivity contribution in [1.82, 2.24) is 4.90 Å². The Labute approximate surface area is 229 Å². The van der Waals surface area contributed by atoms with Crippen LogP contribution < -0.4 is 10.1 Å². The number of rotatable bonds is 15. The first-order valence-corrected chi connectivity index (χ1v) is 14.2. The lowest BCUT2D eigenvalue weighted by molar-refractivity contribution is -0.152. The molecule has 2 N–H and O–H groups in total. The van der Waals surface area contributed by atoms with Gasteiger partial charge in [-0.2, -0.15) is 0 Å². The van der Waals surface area contributed by atoms with Crippen molar-refractivity contribution in [1.29, 1.82) is 0 Å². The van der Waals surface area contributed by atoms with Gasteiger partial charge in [-0.3, -0.25) is 0 Å². The zero-order valence-electron chi connectivity index (χ0n) is 24.5. The maximum Gasteiger partial charge on any atom is 0.347 e. The quantitative estimate of drug-likeness (QED) is 0.230. The minimum absolute atomic E-state index is 0.0568. The fraction of sp³-hybridized carbons (Fsp3) is 0.562. The summed E-state index contributed by atoms with van der Waals surface area (Å²) in [7, 11) is 0. The van der Waals surface area contributed by atoms with Crippen molar-refractivity contribution >= 4 is 17.7 Å². The zero-order valence-corrected chi connectivity index (χ0v) is 24.5. The van der Waals surface area contributed by atoms with Crippen LogP contribution in [0.5, 0.6) is 5.75 Å². The molecule has 2 aromatic rings. The van der Waals surface area contributed by atoms with Crippen LogP contribution in [0.4, 0.5) is 10.5 Å². The molecule has 0 atom stereocenters. The minimum atomic E-state index is -1.30. The number of carboxylic acid groups (broad SMARTS) is 1. The first kappa shape index (κ1) is 31.2. The van der Waals surface area contributed by atoms with Gasteiger partial charge in [0.25, 0.3) is 0 Å². The van der Waals surface area contributed by atoms with E-state index in [0.29, 0.717) is 37.1 Å². The second-order valence-corrected chi connectivity index (χ2v) is 11.3. The summed E-state index contributed by atoms with van der Waals surface area (Å²) in [4.78, 5) is 26.9. The van der Waals surface area contributed by atoms with E-state index in [-0.39, 0.29) is 6.03 Å². The summed E-state index contributed by atoms with van der Waals surface area (Å²) < 4.78 is 5.62. The summed E-state index contributed by atoms with van der Waals surface area (Å²) >= 11 is 0. The molecule has 2 rings (SSSR count). The van der Waals surface area contributed by atoms with E-state index in [2.05, 4.69) is 58.1 Å². The fourth-order valence-corrected chi connectivity index (χ4v) is 4.43. The maximum absolute atomic E-state index is 13.6. The lowest BCUT2D eigenvalue weighted by Crippen LogP contribution is -2.38. The van der Waals surface area contributed by atoms with Crippen molar-refractivity contribution in [3.63, 3.8) is 0 Å². The van der Waals surface area contributed by atoms with Gasteiger partial charge in [-0.1, -0.05) is 90.6 Å². The van der Waals surface area contributed by atoms with Crippen LogP contribution in [0, 0.1) is 0 Å². The van der Waals surface area contributed by atoms with E-state index < -0.39 is 11.6 Å². The Hall–Kier alpha value is -3.02. The second-order valence-electron chi connectivity index (χ2n) is 11.3. The van der Waals surface area contributed by atoms with Crippen LogP contribution >= 0.6 is 0 Å². The summed E-state index contributed by atoms with van der Waals surface area (Å²) in [6.45, 7) is 15.2. The molecular formula is C32H48N2O4. The van der Waals surface area contributed by atoms with Crippen molar-refractivity contribution in [3.05, 3.63) is 59.2 Å². The Balaban J connectivity index is 2.16. The summed E-state index contributed by atoms with van der Waals surface area (Å²) in [5, 5.41) is 12.6. The van der Waals surface area contributed by atoms with E-state index in [1.165, 1.54) is 33.1 Å². The van der Waals surface area contributed by atoms with E-state index in [0.717, 1.165) is 35.2 Å². The van der Waals surface area contributed by atoms with E-state index in [9.17, 15) is 14.7 Å². The van der Waals surface area contributed by atoms with Gasteiger partial charge in [0, 0.05) is 18.8 Å². The number of para-hydroxylation sites is 1. The van der Waals surface area contributed by atoms with Gasteiger partial charge in [-0.15, -0.1) is 0 Å². The highest BCUT2D eigenvalue weighted by Crippen LogP contribution is 2.32. The van der Waals surface area contributed by atoms with E-state index >= 15 is 0 Å². The van der Waals surface area contributed by atoms with Crippen LogP contribution in [0.15, 0.2) is 42.5 Å². The molecule has 0 fully saturated rings. The van der Waals surface area contributed by atoms with Crippen molar-refractivity contribution < 1.29 is 19.4 Å². The van der Waals surface area contributed by atoms with E-state index in [1.54, 1.807) is 12.1 Å². The van der Waals surface area contributed by atoms with Gasteiger partial charge in [0.15, 0.2) is 5.60 Å². The number of benzene rings is 2. The summed E-state index contributed by atoms with van der Waals surface area (Å²) in [6.07, 6.45) is 6.40. The van der Waals surface area contributed by atoms with Crippen LogP contribution in [0.1, 0.15) is 109 Å². The standard InChI is InChI=1S/C32H48N2O4/c1-8-9-10-11-12-21-34(22-20-25-16-18-26(19-17-25)38-32(6,7)30(35)36)31(37)33-29-27(23(2)3)14-13-15-28(29)24(4)5/h13-19,23-24H,8-12,20-22H2,1-7H3,(H,33,37)(H,35,36). The average molecular weight is 525 g/mol. The summed E-state index contributed by atoms with van der Waals surface area (Å²) in [6, 6.07) is 13.7. The molecule has 2 amide bonds. The predicted molar refractivity (Wildman–Crippen MR) is 156 cm³/mol. The molecule has 0 radical (unpaired) electrons. The number of unbranched alkanes of at least 4 members (excludes halogenated alkanes) is 4. The van der Waals surface area contributed by atoms with Gasteiger partial charge in [-0.05, 0) is 67.3 Å². The van der Waals surface area contributed by atoms with E-state index in [4.69, 9.17) is 4.74 Å². The zero-order chi connectivity index (χ0) is 28.3. The molecule has 0 spiro atoms. The van der Waals surface area contributed by atoms with Gasteiger partial charge in [0.05, 0.1) is 0 Å². The number of carbonyl (C=O) groups excluding carboxylic acids is 1. The smallest absolute Gasteiger partial charge is 0.347 e. The Morgan fingerprint density at radius 3 is 2.00 bits per heavy atom. The highest BCUT2D eigenvalue weighted by atomic mass is 16.5. The Kier molecular flexibility index (Phi) is 12.1. The molecule has 2 aromatic carbocycles. The van der Waals surface area contributed by atoms with Crippen molar-refractivity contribution in [2.75, 3.05) is 18.4 Å². The molecule has 6 heteroatoms. The Bertz CT molecular complexity index is 1000. The Morgan fingerprint density at radius 2 is 1.47 bits per heavy atom. The van der Waals surface area contributed by atoms with Gasteiger partial charge in [0.1, 0.15) is 5.75 Å². The number of nitrogens with one attached hydrogen (secondary N) is 1. The molecular weight excluding hydrogens is 476 g/mol. The molecule has 0 unspecified atom stereocenters. The molecule has 0 saturated heterocycles. The van der Waals surface area contributed by atoms with Gasteiger partial charge < -0.3 is 20.1 Å². The molecule has 0 heterocycles. The maximum atomic E-state index is 13.6. The van der Waals surface area contributed by atoms with Crippen LogP contribution in [-0.2, 0) is 11.2 Å². The molecule has 38 heavy (non-hydrogen) atoms. The van der Waals surface area contributed by atoms with Crippen molar-refractivity contribution in [3.8, 4) is 5.75 Å². The van der Waals surface area contributed by atoms with Gasteiger partial charge >= 0.3 is 12.0 Å². The highest BCUT2D eigenvalue weighted by Gasteiger charge is 2.29. The van der Waals surface area contributed by atoms with Crippen molar-refractivity contribution in [2.45, 2.75) is 104 Å². The molecule has 0 aromatic heterocycles. The number of urea groups is 1. The lowest BCUT2D eigenvalue weighted by atomic mass is 9.93. The number of ether oxygens (including phenoxy) is 1. The molecule has 0 bridgehead atoms. The molecule has 210 valence electrons. The third kappa shape index (κ3) is 9.38. The van der Waals surface area contributed by atoms with Gasteiger partial charge in [0.2, 0.25) is 0 Å². The minimum Gasteiger partial charge on any atom is -0.478 e. The first-order valence-electron chi connectivity index (χ1n) is 14.2. The SMILES string of the molecule is CCCCCCCN(CCc1ccc(OC(C)(C)C(=O)O)cc1)C(=O)Nc1c(C(C)C)cccc1C(C)C. The van der Waals surface area contributed by atoms with Crippen molar-refractivity contribution in [2.24, 2.45) is 0 Å². The first-order chi connectivity index (χ1) is 18.0. The number of nitrogens with zero attached hydrogens (tertiary/aromatic N) is 1. The number of anilines is 1. The largest absolute Gasteiger partial charge is 0.478 e. The van der Waals surface area contributed by atoms with Gasteiger partial charge in [-0.25, -0.2) is 9.59 Å². The third-order valence-electron chi connectivity index (χ3n) is 6.91. The average Bonchev–Trinajstić information content (AvgIpc) is 2.86. The lowest BCUT2D eigenvalue weighted by Gasteiger charge is -2.26. The topological polar surface area (TPSA) is 78.9 Å². The van der Waals surface area contributed by atoms with E-state index in [1.807, 2.05) is 17.0 Å². The molecule has 6 nitrogen and oxygen atoms in total. The van der Waals surface area contributed by atoms with Crippen LogP contribution in [0.25, 0.3) is 0 Å². The number of aliphatic carboxylic acids is 1. The third-order valence-corrected chi connectivity index (χ3v) is 6.91. The number of amides is 2. The Morgan fingerprint density at radius 1 is 0.895 bits per heavy atom. The predicted octanol–water partition coefficient (Wildman–Crippen LogP) is 8.22. The van der Waals surface area contributed by atoms with Crippen LogP contribution in [0.3, 0.4) is 0 Å². The normalized spacial score (nSPS) is 11.6. The molecule has 0 saturated carbocycles. The monoisotopic (exact) mass is 524 g/mol. The molecule has 0 aliphatic carbocycles. The molecule has 0 aliphatic heterocycles. The number of carboxylic acids is 1. The highest BCUT2D eigenvalue weighted by molar-refractivity contribution is 5.91.